The maximum absolute atomic E-state index is 14.1. The summed E-state index contributed by atoms with van der Waals surface area (Å²) in [6, 6.07) is 12.1. The Hall–Kier alpha value is -3.04. The van der Waals surface area contributed by atoms with Crippen molar-refractivity contribution in [2.24, 2.45) is 5.73 Å². The molecule has 0 spiro atoms. The van der Waals surface area contributed by atoms with E-state index in [1.165, 1.54) is 24.4 Å². The summed E-state index contributed by atoms with van der Waals surface area (Å²) < 4.78 is 14.1. The van der Waals surface area contributed by atoms with E-state index in [4.69, 9.17) is 17.3 Å². The van der Waals surface area contributed by atoms with Gasteiger partial charge in [0.05, 0.1) is 16.3 Å². The molecule has 0 saturated heterocycles. The molecule has 39 heavy (non-hydrogen) atoms. The Labute approximate surface area is 243 Å². The molecular weight excluding hydrogens is 566 g/mol. The average Bonchev–Trinajstić information content (AvgIpc) is 2.86. The molecule has 0 bridgehead atoms. The predicted molar refractivity (Wildman–Crippen MR) is 156 cm³/mol. The lowest BCUT2D eigenvalue weighted by molar-refractivity contribution is -0.120. The third-order valence-corrected chi connectivity index (χ3v) is 6.69. The quantitative estimate of drug-likeness (QED) is 0.295. The van der Waals surface area contributed by atoms with Gasteiger partial charge in [0, 0.05) is 30.1 Å². The van der Waals surface area contributed by atoms with Gasteiger partial charge in [-0.05, 0) is 80.1 Å². The third-order valence-electron chi connectivity index (χ3n) is 6.47. The Bertz CT molecular complexity index is 1350. The molecule has 1 fully saturated rings. The molecule has 4 rings (SSSR count). The highest BCUT2D eigenvalue weighted by atomic mass is 35.5. The first kappa shape index (κ1) is 32.2. The van der Waals surface area contributed by atoms with Crippen molar-refractivity contribution in [3.63, 3.8) is 0 Å². The number of carbonyl (C=O) groups is 3. The SMILES string of the molecule is CC(C)(N)c1ccc(C(=O)Nc2ccc(F)cc2C(=O)Nc2ccc(Cl)cn2)c(C2CCC(=O)CC2)c1.Cl.Cl. The van der Waals surface area contributed by atoms with Crippen molar-refractivity contribution in [1.29, 1.82) is 0 Å². The number of nitrogens with zero attached hydrogens (tertiary/aromatic N) is 1. The first-order valence-corrected chi connectivity index (χ1v) is 12.4. The van der Waals surface area contributed by atoms with Crippen molar-refractivity contribution >= 4 is 65.5 Å². The Kier molecular flexibility index (Phi) is 11.0. The van der Waals surface area contributed by atoms with E-state index < -0.39 is 23.2 Å². The first-order chi connectivity index (χ1) is 17.5. The minimum absolute atomic E-state index is 0. The van der Waals surface area contributed by atoms with E-state index in [1.54, 1.807) is 18.2 Å². The van der Waals surface area contributed by atoms with Gasteiger partial charge in [-0.3, -0.25) is 14.4 Å². The lowest BCUT2D eigenvalue weighted by Crippen LogP contribution is -2.29. The van der Waals surface area contributed by atoms with Crippen molar-refractivity contribution in [2.75, 3.05) is 10.6 Å². The monoisotopic (exact) mass is 594 g/mol. The highest BCUT2D eigenvalue weighted by molar-refractivity contribution is 6.30. The molecule has 3 aromatic rings. The summed E-state index contributed by atoms with van der Waals surface area (Å²) in [5, 5.41) is 5.76. The molecule has 2 amide bonds. The van der Waals surface area contributed by atoms with Crippen LogP contribution in [0.25, 0.3) is 0 Å². The van der Waals surface area contributed by atoms with Crippen molar-refractivity contribution < 1.29 is 18.8 Å². The molecule has 0 unspecified atom stereocenters. The van der Waals surface area contributed by atoms with E-state index in [0.29, 0.717) is 36.3 Å². The smallest absolute Gasteiger partial charge is 0.259 e. The van der Waals surface area contributed by atoms with Crippen LogP contribution in [-0.2, 0) is 10.3 Å². The van der Waals surface area contributed by atoms with Crippen LogP contribution in [0.1, 0.15) is 77.3 Å². The van der Waals surface area contributed by atoms with Crippen LogP contribution < -0.4 is 16.4 Å². The van der Waals surface area contributed by atoms with E-state index in [2.05, 4.69) is 15.6 Å². The number of nitrogens with one attached hydrogen (secondary N) is 2. The number of hydrogen-bond donors (Lipinski definition) is 3. The minimum Gasteiger partial charge on any atom is -0.322 e. The van der Waals surface area contributed by atoms with Crippen LogP contribution in [0.3, 0.4) is 0 Å². The number of amides is 2. The number of anilines is 2. The highest BCUT2D eigenvalue weighted by Gasteiger charge is 2.27. The van der Waals surface area contributed by atoms with Crippen LogP contribution in [-0.4, -0.2) is 22.6 Å². The number of Topliss-reactive ketones (excluding diaryl/α,β-unsaturated/α-hetero) is 1. The second-order valence-corrected chi connectivity index (χ2v) is 10.2. The van der Waals surface area contributed by atoms with Gasteiger partial charge in [-0.2, -0.15) is 0 Å². The number of pyridine rings is 1. The van der Waals surface area contributed by atoms with E-state index in [1.807, 2.05) is 19.9 Å². The van der Waals surface area contributed by atoms with Gasteiger partial charge in [0.25, 0.3) is 11.8 Å². The van der Waals surface area contributed by atoms with Gasteiger partial charge in [0.2, 0.25) is 0 Å². The Balaban J connectivity index is 0.00000267. The Morgan fingerprint density at radius 1 is 0.974 bits per heavy atom. The lowest BCUT2D eigenvalue weighted by Gasteiger charge is -2.27. The van der Waals surface area contributed by atoms with Crippen molar-refractivity contribution in [1.82, 2.24) is 4.98 Å². The Morgan fingerprint density at radius 3 is 2.26 bits per heavy atom. The Morgan fingerprint density at radius 2 is 1.64 bits per heavy atom. The van der Waals surface area contributed by atoms with Gasteiger partial charge in [0.15, 0.2) is 0 Å². The summed E-state index contributed by atoms with van der Waals surface area (Å²) in [5.74, 6) is -1.25. The number of nitrogens with two attached hydrogens (primary N) is 1. The molecule has 0 radical (unpaired) electrons. The van der Waals surface area contributed by atoms with E-state index >= 15 is 0 Å². The van der Waals surface area contributed by atoms with Crippen LogP contribution in [0.2, 0.25) is 5.02 Å². The topological polar surface area (TPSA) is 114 Å². The number of hydrogen-bond acceptors (Lipinski definition) is 5. The fraction of sp³-hybridized carbons (Fsp3) is 0.286. The van der Waals surface area contributed by atoms with Gasteiger partial charge < -0.3 is 16.4 Å². The van der Waals surface area contributed by atoms with E-state index in [0.717, 1.165) is 17.2 Å². The fourth-order valence-electron chi connectivity index (χ4n) is 4.40. The summed E-state index contributed by atoms with van der Waals surface area (Å²) >= 11 is 5.84. The third kappa shape index (κ3) is 7.99. The van der Waals surface area contributed by atoms with Gasteiger partial charge in [0.1, 0.15) is 17.4 Å². The second kappa shape index (κ2) is 13.3. The number of benzene rings is 2. The maximum Gasteiger partial charge on any atom is 0.259 e. The second-order valence-electron chi connectivity index (χ2n) is 9.80. The zero-order chi connectivity index (χ0) is 26.7. The molecule has 11 heteroatoms. The maximum atomic E-state index is 14.1. The average molecular weight is 596 g/mol. The van der Waals surface area contributed by atoms with Crippen LogP contribution in [0.5, 0.6) is 0 Å². The number of halogens is 4. The van der Waals surface area contributed by atoms with Crippen molar-refractivity contribution in [2.45, 2.75) is 51.0 Å². The molecule has 4 N–H and O–H groups in total. The van der Waals surface area contributed by atoms with E-state index in [9.17, 15) is 18.8 Å². The van der Waals surface area contributed by atoms with Crippen LogP contribution in [0, 0.1) is 5.82 Å². The standard InChI is InChI=1S/C28H28ClFN4O3.2ClH/c1-28(2,31)17-5-10-21(22(13-17)16-3-8-20(35)9-4-16)26(36)33-24-11-7-19(30)14-23(24)27(37)34-25-12-6-18(29)15-32-25;;/h5-7,10-16H,3-4,8-9,31H2,1-2H3,(H,33,36)(H,32,34,37);2*1H. The summed E-state index contributed by atoms with van der Waals surface area (Å²) in [6.07, 6.45) is 3.59. The fourth-order valence-corrected chi connectivity index (χ4v) is 4.51. The first-order valence-electron chi connectivity index (χ1n) is 12.0. The number of aromatic nitrogens is 1. The molecular formula is C28H30Cl3FN4O3. The molecule has 1 saturated carbocycles. The summed E-state index contributed by atoms with van der Waals surface area (Å²) in [7, 11) is 0. The zero-order valence-corrected chi connectivity index (χ0v) is 23.8. The van der Waals surface area contributed by atoms with Gasteiger partial charge in [-0.15, -0.1) is 24.8 Å². The van der Waals surface area contributed by atoms with Crippen molar-refractivity contribution in [3.8, 4) is 0 Å². The lowest BCUT2D eigenvalue weighted by atomic mass is 9.79. The molecule has 0 aliphatic heterocycles. The predicted octanol–water partition coefficient (Wildman–Crippen LogP) is 6.64. The largest absolute Gasteiger partial charge is 0.322 e. The minimum atomic E-state index is -0.643. The summed E-state index contributed by atoms with van der Waals surface area (Å²) in [6.45, 7) is 3.77. The number of carbonyl (C=O) groups excluding carboxylic acids is 3. The molecule has 7 nitrogen and oxygen atoms in total. The van der Waals surface area contributed by atoms with E-state index in [-0.39, 0.29) is 53.6 Å². The van der Waals surface area contributed by atoms with Crippen LogP contribution in [0.15, 0.2) is 54.7 Å². The van der Waals surface area contributed by atoms with Crippen LogP contribution >= 0.6 is 36.4 Å². The normalized spacial score (nSPS) is 13.6. The molecule has 1 heterocycles. The molecule has 208 valence electrons. The van der Waals surface area contributed by atoms with Gasteiger partial charge >= 0.3 is 0 Å². The molecule has 0 atom stereocenters. The highest BCUT2D eigenvalue weighted by Crippen LogP contribution is 2.35. The summed E-state index contributed by atoms with van der Waals surface area (Å²) in [4.78, 5) is 42.3. The summed E-state index contributed by atoms with van der Waals surface area (Å²) in [5.41, 5.74) is 7.88. The van der Waals surface area contributed by atoms with Gasteiger partial charge in [-0.1, -0.05) is 23.7 Å². The molecule has 1 aliphatic rings. The van der Waals surface area contributed by atoms with Crippen molar-refractivity contribution in [3.05, 3.63) is 87.8 Å². The molecule has 1 aliphatic carbocycles. The number of ketones is 1. The zero-order valence-electron chi connectivity index (χ0n) is 21.4. The van der Waals surface area contributed by atoms with Crippen LogP contribution in [0.4, 0.5) is 15.9 Å². The molecule has 1 aromatic heterocycles. The molecule has 2 aromatic carbocycles. The number of rotatable bonds is 6. The van der Waals surface area contributed by atoms with Gasteiger partial charge in [-0.25, -0.2) is 9.37 Å².